The zero-order valence-electron chi connectivity index (χ0n) is 18.1. The Morgan fingerprint density at radius 3 is 2.25 bits per heavy atom. The Labute approximate surface area is 153 Å². The van der Waals surface area contributed by atoms with Crippen molar-refractivity contribution in [1.29, 1.82) is 0 Å². The number of hydrogen-bond acceptors (Lipinski definition) is 0. The summed E-state index contributed by atoms with van der Waals surface area (Å²) in [4.78, 5) is 0. The van der Waals surface area contributed by atoms with Gasteiger partial charge in [-0.15, -0.1) is 0 Å². The van der Waals surface area contributed by atoms with Gasteiger partial charge in [0.2, 0.25) is 0 Å². The van der Waals surface area contributed by atoms with Crippen LogP contribution in [-0.4, -0.2) is 0 Å². The van der Waals surface area contributed by atoms with Gasteiger partial charge in [0.15, 0.2) is 0 Å². The second-order valence-electron chi connectivity index (χ2n) is 9.42. The predicted octanol–water partition coefficient (Wildman–Crippen LogP) is 8.27. The third kappa shape index (κ3) is 6.23. The summed E-state index contributed by atoms with van der Waals surface area (Å²) >= 11 is 0. The van der Waals surface area contributed by atoms with Crippen LogP contribution in [0.4, 0.5) is 0 Å². The third-order valence-electron chi connectivity index (χ3n) is 7.14. The summed E-state index contributed by atoms with van der Waals surface area (Å²) in [6.45, 7) is 19.2. The Hall–Kier alpha value is -0.260. The Kier molecular flexibility index (Phi) is 9.10. The Morgan fingerprint density at radius 1 is 1.08 bits per heavy atom. The average Bonchev–Trinajstić information content (AvgIpc) is 3.20. The van der Waals surface area contributed by atoms with Crippen LogP contribution >= 0.6 is 0 Å². The van der Waals surface area contributed by atoms with Crippen LogP contribution in [0.1, 0.15) is 107 Å². The summed E-state index contributed by atoms with van der Waals surface area (Å²) in [5.74, 6) is 4.24. The highest BCUT2D eigenvalue weighted by Gasteiger charge is 2.51. The molecule has 0 heterocycles. The predicted molar refractivity (Wildman–Crippen MR) is 110 cm³/mol. The molecular formula is C24H46. The van der Waals surface area contributed by atoms with Crippen molar-refractivity contribution in [2.75, 3.05) is 0 Å². The lowest BCUT2D eigenvalue weighted by molar-refractivity contribution is 0.325. The summed E-state index contributed by atoms with van der Waals surface area (Å²) in [6, 6.07) is 0. The second kappa shape index (κ2) is 10.0. The summed E-state index contributed by atoms with van der Waals surface area (Å²) in [6.07, 6.45) is 13.7. The number of allylic oxidation sites excluding steroid dienone is 2. The zero-order chi connectivity index (χ0) is 18.3. The Bertz CT molecular complexity index is 377. The first-order chi connectivity index (χ1) is 11.3. The molecule has 0 spiro atoms. The minimum atomic E-state index is 0.692. The van der Waals surface area contributed by atoms with Crippen molar-refractivity contribution in [1.82, 2.24) is 0 Å². The zero-order valence-corrected chi connectivity index (χ0v) is 18.1. The molecule has 24 heavy (non-hydrogen) atoms. The van der Waals surface area contributed by atoms with Gasteiger partial charge in [0.25, 0.3) is 0 Å². The van der Waals surface area contributed by atoms with Crippen molar-refractivity contribution < 1.29 is 0 Å². The monoisotopic (exact) mass is 334 g/mol. The quantitative estimate of drug-likeness (QED) is 0.315. The maximum atomic E-state index is 2.61. The molecule has 142 valence electrons. The summed E-state index contributed by atoms with van der Waals surface area (Å²) in [5, 5.41) is 0. The third-order valence-corrected chi connectivity index (χ3v) is 7.14. The molecule has 1 aliphatic carbocycles. The number of hydrogen-bond donors (Lipinski definition) is 0. The molecule has 1 fully saturated rings. The van der Waals surface area contributed by atoms with Gasteiger partial charge in [-0.2, -0.15) is 0 Å². The molecule has 0 saturated heterocycles. The van der Waals surface area contributed by atoms with Crippen LogP contribution in [0.25, 0.3) is 0 Å². The standard InChI is InChI=1S/C24H46/c1-9-15-24(8)17-23(24)21(11-3)13-12-14-22(18(4)5)16-20(7)19(6)10-2/h16,18-21,23H,9-15,17H2,1-8H3. The van der Waals surface area contributed by atoms with Gasteiger partial charge < -0.3 is 0 Å². The van der Waals surface area contributed by atoms with Crippen LogP contribution in [0.3, 0.4) is 0 Å². The van der Waals surface area contributed by atoms with E-state index in [1.165, 1.54) is 51.4 Å². The van der Waals surface area contributed by atoms with E-state index >= 15 is 0 Å². The molecule has 0 bridgehead atoms. The van der Waals surface area contributed by atoms with E-state index in [1.807, 2.05) is 0 Å². The van der Waals surface area contributed by atoms with Crippen molar-refractivity contribution in [3.05, 3.63) is 11.6 Å². The van der Waals surface area contributed by atoms with Crippen LogP contribution < -0.4 is 0 Å². The molecule has 0 heteroatoms. The van der Waals surface area contributed by atoms with Gasteiger partial charge in [-0.05, 0) is 67.1 Å². The average molecular weight is 335 g/mol. The molecule has 5 unspecified atom stereocenters. The van der Waals surface area contributed by atoms with E-state index in [1.54, 1.807) is 5.57 Å². The fourth-order valence-electron chi connectivity index (χ4n) is 4.73. The van der Waals surface area contributed by atoms with Gasteiger partial charge in [0, 0.05) is 0 Å². The Morgan fingerprint density at radius 2 is 1.75 bits per heavy atom. The molecule has 0 nitrogen and oxygen atoms in total. The maximum absolute atomic E-state index is 2.61. The van der Waals surface area contributed by atoms with Gasteiger partial charge in [-0.25, -0.2) is 0 Å². The second-order valence-corrected chi connectivity index (χ2v) is 9.42. The van der Waals surface area contributed by atoms with Crippen LogP contribution in [-0.2, 0) is 0 Å². The van der Waals surface area contributed by atoms with Crippen LogP contribution in [0.2, 0.25) is 0 Å². The minimum Gasteiger partial charge on any atom is -0.0820 e. The summed E-state index contributed by atoms with van der Waals surface area (Å²) in [7, 11) is 0. The summed E-state index contributed by atoms with van der Waals surface area (Å²) < 4.78 is 0. The van der Waals surface area contributed by atoms with E-state index in [2.05, 4.69) is 61.5 Å². The van der Waals surface area contributed by atoms with Gasteiger partial charge in [-0.3, -0.25) is 0 Å². The molecule has 1 rings (SSSR count). The lowest BCUT2D eigenvalue weighted by Gasteiger charge is -2.21. The van der Waals surface area contributed by atoms with E-state index in [-0.39, 0.29) is 0 Å². The fourth-order valence-corrected chi connectivity index (χ4v) is 4.73. The topological polar surface area (TPSA) is 0 Å². The molecule has 1 aliphatic rings. The molecule has 0 radical (unpaired) electrons. The normalized spacial score (nSPS) is 28.0. The van der Waals surface area contributed by atoms with E-state index in [0.29, 0.717) is 11.3 Å². The minimum absolute atomic E-state index is 0.692. The van der Waals surface area contributed by atoms with Crippen molar-refractivity contribution in [3.8, 4) is 0 Å². The van der Waals surface area contributed by atoms with E-state index in [4.69, 9.17) is 0 Å². The van der Waals surface area contributed by atoms with Crippen molar-refractivity contribution in [2.24, 2.45) is 35.0 Å². The molecule has 0 aliphatic heterocycles. The van der Waals surface area contributed by atoms with E-state index in [0.717, 1.165) is 23.7 Å². The van der Waals surface area contributed by atoms with Gasteiger partial charge in [0.05, 0.1) is 0 Å². The van der Waals surface area contributed by atoms with Crippen LogP contribution in [0.15, 0.2) is 11.6 Å². The molecule has 5 atom stereocenters. The first-order valence-corrected chi connectivity index (χ1v) is 11.0. The fraction of sp³-hybridized carbons (Fsp3) is 0.917. The Balaban J connectivity index is 2.51. The van der Waals surface area contributed by atoms with Crippen LogP contribution in [0, 0.1) is 35.0 Å². The van der Waals surface area contributed by atoms with Gasteiger partial charge in [0.1, 0.15) is 0 Å². The molecule has 0 aromatic rings. The molecule has 1 saturated carbocycles. The lowest BCUT2D eigenvalue weighted by Crippen LogP contribution is -2.10. The SMILES string of the molecule is CCCC1(C)CC1C(CC)CCCC(=CC(C)C(C)CC)C(C)C. The van der Waals surface area contributed by atoms with Gasteiger partial charge >= 0.3 is 0 Å². The van der Waals surface area contributed by atoms with Crippen molar-refractivity contribution in [2.45, 2.75) is 107 Å². The van der Waals surface area contributed by atoms with Gasteiger partial charge in [-0.1, -0.05) is 86.3 Å². The maximum Gasteiger partial charge on any atom is -0.0234 e. The molecule has 0 N–H and O–H groups in total. The summed E-state index contributed by atoms with van der Waals surface area (Å²) in [5.41, 5.74) is 2.40. The molecule has 0 aromatic carbocycles. The molecule has 0 aromatic heterocycles. The van der Waals surface area contributed by atoms with E-state index in [9.17, 15) is 0 Å². The van der Waals surface area contributed by atoms with Crippen LogP contribution in [0.5, 0.6) is 0 Å². The smallest absolute Gasteiger partial charge is 0.0234 e. The van der Waals surface area contributed by atoms with Crippen molar-refractivity contribution >= 4 is 0 Å². The lowest BCUT2D eigenvalue weighted by atomic mass is 9.84. The first-order valence-electron chi connectivity index (χ1n) is 11.0. The highest BCUT2D eigenvalue weighted by molar-refractivity contribution is 5.08. The molecular weight excluding hydrogens is 288 g/mol. The molecule has 0 amide bonds. The van der Waals surface area contributed by atoms with E-state index < -0.39 is 0 Å². The van der Waals surface area contributed by atoms with Crippen molar-refractivity contribution in [3.63, 3.8) is 0 Å². The highest BCUT2D eigenvalue weighted by Crippen LogP contribution is 2.60. The highest BCUT2D eigenvalue weighted by atomic mass is 14.6. The largest absolute Gasteiger partial charge is 0.0820 e. The number of rotatable bonds is 12. The first kappa shape index (κ1) is 21.8.